The van der Waals surface area contributed by atoms with Crippen molar-refractivity contribution in [2.45, 2.75) is 33.2 Å². The fourth-order valence-corrected chi connectivity index (χ4v) is 3.09. The Kier molecular flexibility index (Phi) is 4.56. The Bertz CT molecular complexity index is 468. The fourth-order valence-electron chi connectivity index (χ4n) is 2.41. The zero-order valence-corrected chi connectivity index (χ0v) is 12.2. The largest absolute Gasteiger partial charge is 0.310 e. The second-order valence-corrected chi connectivity index (χ2v) is 5.65. The topological polar surface area (TPSA) is 12.0 Å². The summed E-state index contributed by atoms with van der Waals surface area (Å²) in [6.45, 7) is 7.51. The molecule has 2 rings (SSSR count). The van der Waals surface area contributed by atoms with Gasteiger partial charge < -0.3 is 5.32 Å². The maximum atomic E-state index is 3.60. The SMILES string of the molecule is CCNC(Cc1ccsc1)c1cc(C)cc(C)c1. The van der Waals surface area contributed by atoms with Crippen molar-refractivity contribution in [3.05, 3.63) is 57.3 Å². The van der Waals surface area contributed by atoms with Gasteiger partial charge >= 0.3 is 0 Å². The van der Waals surface area contributed by atoms with Gasteiger partial charge in [0.2, 0.25) is 0 Å². The lowest BCUT2D eigenvalue weighted by atomic mass is 9.97. The second kappa shape index (κ2) is 6.17. The first kappa shape index (κ1) is 13.3. The number of nitrogens with one attached hydrogen (secondary N) is 1. The van der Waals surface area contributed by atoms with Crippen LogP contribution in [0.25, 0.3) is 0 Å². The molecule has 2 heteroatoms. The van der Waals surface area contributed by atoms with Gasteiger partial charge in [-0.25, -0.2) is 0 Å². The Morgan fingerprint density at radius 3 is 2.44 bits per heavy atom. The van der Waals surface area contributed by atoms with Gasteiger partial charge in [0.15, 0.2) is 0 Å². The van der Waals surface area contributed by atoms with Crippen LogP contribution in [0.15, 0.2) is 35.0 Å². The number of hydrogen-bond acceptors (Lipinski definition) is 2. The molecule has 18 heavy (non-hydrogen) atoms. The van der Waals surface area contributed by atoms with Crippen LogP contribution in [0.3, 0.4) is 0 Å². The molecule has 0 amide bonds. The summed E-state index contributed by atoms with van der Waals surface area (Å²) in [7, 11) is 0. The first-order chi connectivity index (χ1) is 8.69. The molecule has 0 aliphatic heterocycles. The lowest BCUT2D eigenvalue weighted by Crippen LogP contribution is -2.23. The van der Waals surface area contributed by atoms with E-state index in [0.29, 0.717) is 6.04 Å². The average Bonchev–Trinajstić information content (AvgIpc) is 2.80. The van der Waals surface area contributed by atoms with Gasteiger partial charge in [-0.15, -0.1) is 0 Å². The van der Waals surface area contributed by atoms with E-state index in [1.807, 2.05) is 0 Å². The Labute approximate surface area is 114 Å². The van der Waals surface area contributed by atoms with E-state index in [1.165, 1.54) is 22.3 Å². The summed E-state index contributed by atoms with van der Waals surface area (Å²) in [5, 5.41) is 7.99. The van der Waals surface area contributed by atoms with E-state index in [4.69, 9.17) is 0 Å². The number of thiophene rings is 1. The summed E-state index contributed by atoms with van der Waals surface area (Å²) in [5.41, 5.74) is 5.52. The van der Waals surface area contributed by atoms with Crippen molar-refractivity contribution in [2.24, 2.45) is 0 Å². The first-order valence-electron chi connectivity index (χ1n) is 6.51. The number of benzene rings is 1. The van der Waals surface area contributed by atoms with Crippen LogP contribution in [0.4, 0.5) is 0 Å². The van der Waals surface area contributed by atoms with Crippen molar-refractivity contribution in [1.82, 2.24) is 5.32 Å². The summed E-state index contributed by atoms with van der Waals surface area (Å²) in [6.07, 6.45) is 1.07. The average molecular weight is 259 g/mol. The quantitative estimate of drug-likeness (QED) is 0.846. The van der Waals surface area contributed by atoms with Crippen molar-refractivity contribution in [2.75, 3.05) is 6.54 Å². The monoisotopic (exact) mass is 259 g/mol. The maximum Gasteiger partial charge on any atom is 0.0361 e. The van der Waals surface area contributed by atoms with E-state index in [0.717, 1.165) is 13.0 Å². The zero-order chi connectivity index (χ0) is 13.0. The fraction of sp³-hybridized carbons (Fsp3) is 0.375. The van der Waals surface area contributed by atoms with Crippen molar-refractivity contribution < 1.29 is 0 Å². The number of aryl methyl sites for hydroxylation is 2. The Hall–Kier alpha value is -1.12. The third-order valence-corrected chi connectivity index (χ3v) is 3.85. The Morgan fingerprint density at radius 1 is 1.17 bits per heavy atom. The summed E-state index contributed by atoms with van der Waals surface area (Å²) in [5.74, 6) is 0. The predicted molar refractivity (Wildman–Crippen MR) is 80.4 cm³/mol. The molecular formula is C16H21NS. The van der Waals surface area contributed by atoms with Crippen molar-refractivity contribution in [3.63, 3.8) is 0 Å². The van der Waals surface area contributed by atoms with Gasteiger partial charge in [-0.05, 0) is 54.8 Å². The first-order valence-corrected chi connectivity index (χ1v) is 7.46. The number of likely N-dealkylation sites (N-methyl/N-ethyl adjacent to an activating group) is 1. The summed E-state index contributed by atoms with van der Waals surface area (Å²) >= 11 is 1.77. The Morgan fingerprint density at radius 2 is 1.89 bits per heavy atom. The molecular weight excluding hydrogens is 238 g/mol. The molecule has 0 fully saturated rings. The molecule has 0 saturated heterocycles. The van der Waals surface area contributed by atoms with Crippen LogP contribution in [-0.2, 0) is 6.42 Å². The van der Waals surface area contributed by atoms with E-state index in [-0.39, 0.29) is 0 Å². The Balaban J connectivity index is 2.23. The van der Waals surface area contributed by atoms with E-state index in [9.17, 15) is 0 Å². The zero-order valence-electron chi connectivity index (χ0n) is 11.4. The van der Waals surface area contributed by atoms with Gasteiger partial charge in [0.25, 0.3) is 0 Å². The molecule has 0 saturated carbocycles. The van der Waals surface area contributed by atoms with Gasteiger partial charge in [0.1, 0.15) is 0 Å². The third-order valence-electron chi connectivity index (χ3n) is 3.12. The summed E-state index contributed by atoms with van der Waals surface area (Å²) < 4.78 is 0. The molecule has 1 unspecified atom stereocenters. The highest BCUT2D eigenvalue weighted by Gasteiger charge is 2.12. The van der Waals surface area contributed by atoms with Crippen molar-refractivity contribution in [3.8, 4) is 0 Å². The van der Waals surface area contributed by atoms with E-state index in [2.05, 4.69) is 61.1 Å². The van der Waals surface area contributed by atoms with Crippen LogP contribution in [0.5, 0.6) is 0 Å². The second-order valence-electron chi connectivity index (χ2n) is 4.87. The molecule has 1 heterocycles. The molecule has 0 aliphatic rings. The van der Waals surface area contributed by atoms with Crippen LogP contribution in [0.2, 0.25) is 0 Å². The van der Waals surface area contributed by atoms with Crippen LogP contribution >= 0.6 is 11.3 Å². The van der Waals surface area contributed by atoms with Crippen molar-refractivity contribution in [1.29, 1.82) is 0 Å². The number of rotatable bonds is 5. The van der Waals surface area contributed by atoms with Gasteiger partial charge in [-0.2, -0.15) is 11.3 Å². The summed E-state index contributed by atoms with van der Waals surface area (Å²) in [6, 6.07) is 9.47. The summed E-state index contributed by atoms with van der Waals surface area (Å²) in [4.78, 5) is 0. The number of hydrogen-bond donors (Lipinski definition) is 1. The standard InChI is InChI=1S/C16H21NS/c1-4-17-16(10-14-5-6-18-11-14)15-8-12(2)7-13(3)9-15/h5-9,11,16-17H,4,10H2,1-3H3. The van der Waals surface area contributed by atoms with E-state index >= 15 is 0 Å². The van der Waals surface area contributed by atoms with Crippen LogP contribution in [0, 0.1) is 13.8 Å². The normalized spacial score (nSPS) is 12.6. The molecule has 1 aromatic carbocycles. The molecule has 0 spiro atoms. The van der Waals surface area contributed by atoms with Gasteiger partial charge in [-0.1, -0.05) is 36.2 Å². The third kappa shape index (κ3) is 3.44. The molecule has 0 radical (unpaired) electrons. The highest BCUT2D eigenvalue weighted by Crippen LogP contribution is 2.22. The van der Waals surface area contributed by atoms with Crippen LogP contribution in [0.1, 0.15) is 35.2 Å². The molecule has 2 aromatic rings. The lowest BCUT2D eigenvalue weighted by Gasteiger charge is -2.19. The molecule has 96 valence electrons. The van der Waals surface area contributed by atoms with Crippen LogP contribution in [-0.4, -0.2) is 6.54 Å². The van der Waals surface area contributed by atoms with E-state index in [1.54, 1.807) is 11.3 Å². The minimum Gasteiger partial charge on any atom is -0.310 e. The molecule has 1 atom stereocenters. The highest BCUT2D eigenvalue weighted by molar-refractivity contribution is 7.07. The minimum atomic E-state index is 0.420. The van der Waals surface area contributed by atoms with Gasteiger partial charge in [0, 0.05) is 6.04 Å². The molecule has 1 aromatic heterocycles. The molecule has 1 nitrogen and oxygen atoms in total. The smallest absolute Gasteiger partial charge is 0.0361 e. The predicted octanol–water partition coefficient (Wildman–Crippen LogP) is 4.26. The molecule has 0 bridgehead atoms. The molecule has 1 N–H and O–H groups in total. The van der Waals surface area contributed by atoms with E-state index < -0.39 is 0 Å². The lowest BCUT2D eigenvalue weighted by molar-refractivity contribution is 0.550. The van der Waals surface area contributed by atoms with Crippen molar-refractivity contribution >= 4 is 11.3 Å². The van der Waals surface area contributed by atoms with Gasteiger partial charge in [0.05, 0.1) is 0 Å². The minimum absolute atomic E-state index is 0.420. The van der Waals surface area contributed by atoms with Gasteiger partial charge in [-0.3, -0.25) is 0 Å². The van der Waals surface area contributed by atoms with Crippen LogP contribution < -0.4 is 5.32 Å². The molecule has 0 aliphatic carbocycles. The maximum absolute atomic E-state index is 3.60. The highest BCUT2D eigenvalue weighted by atomic mass is 32.1.